The van der Waals surface area contributed by atoms with E-state index in [1.807, 2.05) is 164 Å². The van der Waals surface area contributed by atoms with Crippen molar-refractivity contribution in [2.75, 3.05) is 0 Å². The number of nitrogens with zero attached hydrogens (tertiary/aromatic N) is 6. The molecule has 0 fully saturated rings. The monoisotopic (exact) mass is 2150 g/mol. The van der Waals surface area contributed by atoms with Crippen molar-refractivity contribution in [1.29, 1.82) is 0 Å². The third-order valence-corrected chi connectivity index (χ3v) is 17.3. The molecular formula is C101H86Ir4N6-6. The van der Waals surface area contributed by atoms with Crippen LogP contribution in [0.25, 0.3) is 112 Å². The Kier molecular flexibility index (Phi) is 37.3. The number of aryl methyl sites for hydroxylation is 1. The van der Waals surface area contributed by atoms with Crippen molar-refractivity contribution >= 4 is 0 Å². The smallest absolute Gasteiger partial charge is 0.0163 e. The summed E-state index contributed by atoms with van der Waals surface area (Å²) < 4.78 is 0. The Morgan fingerprint density at radius 3 is 0.838 bits per heavy atom. The minimum absolute atomic E-state index is 0. The van der Waals surface area contributed by atoms with Crippen LogP contribution in [-0.4, -0.2) is 29.9 Å². The van der Waals surface area contributed by atoms with Gasteiger partial charge in [0.1, 0.15) is 0 Å². The molecule has 6 aromatic heterocycles. The molecule has 10 heteroatoms. The summed E-state index contributed by atoms with van der Waals surface area (Å²) in [5.74, 6) is 1.66. The molecule has 4 radical (unpaired) electrons. The fourth-order valence-corrected chi connectivity index (χ4v) is 11.7. The van der Waals surface area contributed by atoms with Crippen molar-refractivity contribution in [1.82, 2.24) is 29.9 Å². The van der Waals surface area contributed by atoms with Gasteiger partial charge in [0, 0.05) is 118 Å². The third kappa shape index (κ3) is 27.6. The van der Waals surface area contributed by atoms with Crippen LogP contribution in [0.1, 0.15) is 75.6 Å². The van der Waals surface area contributed by atoms with Crippen LogP contribution in [0.15, 0.2) is 365 Å². The molecule has 0 unspecified atom stereocenters. The second-order valence-electron chi connectivity index (χ2n) is 26.5. The molecule has 10 aromatic carbocycles. The van der Waals surface area contributed by atoms with Gasteiger partial charge in [0.25, 0.3) is 0 Å². The van der Waals surface area contributed by atoms with Crippen LogP contribution in [0.2, 0.25) is 0 Å². The summed E-state index contributed by atoms with van der Waals surface area (Å²) in [5.41, 5.74) is 26.9. The molecule has 0 saturated heterocycles. The standard InChI is InChI=1S/C21H20N.2C20H18N.C18H14N.2C11H8N.4Ir/c1-16(2)13-17-11-12-22-21(14-17)20-10-6-9-19(15-20)18-7-4-3-5-8-18;2*1-15(2)17-11-12-21-20(14-17)19-10-6-9-18(13-19)16-7-4-3-5-8-16;1-14-10-11-19-18(12-14)17-9-5-8-16(13-17)15-6-3-2-4-7-15;2*1-2-6-10(7-3-1)11-8-4-5-9-12-11;;;;/h3-9,11-12,14-16H,13H2,1-2H3;2*3-9,11-15H,1-2H3;2-8,10-13H,1H3;2*1-6,8-9H;;;;/q6*-1;;;;. The molecule has 6 heterocycles. The van der Waals surface area contributed by atoms with E-state index >= 15 is 0 Å². The zero-order chi connectivity index (χ0) is 74.2. The maximum atomic E-state index is 4.52. The number of rotatable bonds is 14. The van der Waals surface area contributed by atoms with Crippen LogP contribution in [0, 0.1) is 49.2 Å². The van der Waals surface area contributed by atoms with Gasteiger partial charge < -0.3 is 29.9 Å². The Morgan fingerprint density at radius 2 is 0.532 bits per heavy atom. The SMILES string of the molecule is CC(C)Cc1ccnc(-c2[c-]ccc(-c3ccccc3)c2)c1.CC(C)c1ccnc(-c2[c-]ccc(-c3ccccc3)c2)c1.CC(C)c1ccnc(-c2[c-]ccc(-c3ccccc3)c2)c1.Cc1ccnc(-c2[c-]ccc(-c3ccccc3)c2)c1.[Ir].[Ir].[Ir].[Ir].[c-]1ccccc1-c1ccccn1.[c-]1ccccc1-c1ccccn1. The molecule has 111 heavy (non-hydrogen) atoms. The Bertz CT molecular complexity index is 5010. The van der Waals surface area contributed by atoms with E-state index in [9.17, 15) is 0 Å². The summed E-state index contributed by atoms with van der Waals surface area (Å²) in [5, 5.41) is 0. The zero-order valence-electron chi connectivity index (χ0n) is 63.1. The maximum absolute atomic E-state index is 4.52. The van der Waals surface area contributed by atoms with Gasteiger partial charge >= 0.3 is 0 Å². The maximum Gasteiger partial charge on any atom is 0.0163 e. The van der Waals surface area contributed by atoms with Crippen LogP contribution in [-0.2, 0) is 86.8 Å². The molecule has 0 aliphatic rings. The fourth-order valence-electron chi connectivity index (χ4n) is 11.7. The summed E-state index contributed by atoms with van der Waals surface area (Å²) in [7, 11) is 0. The normalized spacial score (nSPS) is 10.1. The molecule has 0 amide bonds. The van der Waals surface area contributed by atoms with Crippen molar-refractivity contribution in [3.63, 3.8) is 0 Å². The molecule has 16 aromatic rings. The number of hydrogen-bond donors (Lipinski definition) is 0. The van der Waals surface area contributed by atoms with E-state index in [2.05, 4.69) is 303 Å². The van der Waals surface area contributed by atoms with Gasteiger partial charge in [-0.15, -0.1) is 213 Å². The van der Waals surface area contributed by atoms with Crippen LogP contribution < -0.4 is 0 Å². The molecular weight excluding hydrogens is 2070 g/mol. The first kappa shape index (κ1) is 87.9. The quantitative estimate of drug-likeness (QED) is 0.101. The summed E-state index contributed by atoms with van der Waals surface area (Å²) >= 11 is 0. The molecule has 0 saturated carbocycles. The summed E-state index contributed by atoms with van der Waals surface area (Å²) in [6, 6.07) is 130. The minimum atomic E-state index is 0. The average Bonchev–Trinajstić information content (AvgIpc) is 0.843. The Hall–Kier alpha value is -10.3. The van der Waals surface area contributed by atoms with Crippen LogP contribution in [0.3, 0.4) is 0 Å². The van der Waals surface area contributed by atoms with E-state index in [-0.39, 0.29) is 80.4 Å². The predicted molar refractivity (Wildman–Crippen MR) is 444 cm³/mol. The molecule has 16 rings (SSSR count). The van der Waals surface area contributed by atoms with Crippen LogP contribution in [0.4, 0.5) is 0 Å². The van der Waals surface area contributed by atoms with Gasteiger partial charge in [-0.25, -0.2) is 0 Å². The van der Waals surface area contributed by atoms with Gasteiger partial charge in [0.2, 0.25) is 0 Å². The molecule has 0 spiro atoms. The Morgan fingerprint density at radius 1 is 0.234 bits per heavy atom. The molecule has 6 nitrogen and oxygen atoms in total. The molecule has 0 atom stereocenters. The van der Waals surface area contributed by atoms with Crippen molar-refractivity contribution in [2.45, 2.75) is 66.7 Å². The van der Waals surface area contributed by atoms with Gasteiger partial charge in [-0.2, -0.15) is 0 Å². The molecule has 562 valence electrons. The second kappa shape index (κ2) is 47.0. The van der Waals surface area contributed by atoms with Gasteiger partial charge in [0.05, 0.1) is 0 Å². The van der Waals surface area contributed by atoms with Gasteiger partial charge in [-0.3, -0.25) is 0 Å². The molecule has 0 aliphatic heterocycles. The number of hydrogen-bond acceptors (Lipinski definition) is 6. The first-order valence-corrected chi connectivity index (χ1v) is 36.3. The molecule has 0 N–H and O–H groups in total. The van der Waals surface area contributed by atoms with Crippen LogP contribution >= 0.6 is 0 Å². The van der Waals surface area contributed by atoms with Gasteiger partial charge in [-0.05, 0) is 124 Å². The van der Waals surface area contributed by atoms with Crippen molar-refractivity contribution < 1.29 is 80.4 Å². The van der Waals surface area contributed by atoms with E-state index in [1.54, 1.807) is 12.4 Å². The number of aromatic nitrogens is 6. The van der Waals surface area contributed by atoms with E-state index < -0.39 is 0 Å². The van der Waals surface area contributed by atoms with Crippen LogP contribution in [0.5, 0.6) is 0 Å². The Labute approximate surface area is 712 Å². The first-order chi connectivity index (χ1) is 52.5. The first-order valence-electron chi connectivity index (χ1n) is 36.3. The second-order valence-corrected chi connectivity index (χ2v) is 26.5. The summed E-state index contributed by atoms with van der Waals surface area (Å²) in [6.45, 7) is 15.3. The van der Waals surface area contributed by atoms with Crippen molar-refractivity contribution in [3.8, 4) is 112 Å². The zero-order valence-corrected chi connectivity index (χ0v) is 72.7. The third-order valence-electron chi connectivity index (χ3n) is 17.3. The summed E-state index contributed by atoms with van der Waals surface area (Å²) in [4.78, 5) is 26.4. The molecule has 0 aliphatic carbocycles. The van der Waals surface area contributed by atoms with Gasteiger partial charge in [-0.1, -0.05) is 234 Å². The van der Waals surface area contributed by atoms with E-state index in [0.717, 1.165) is 74.0 Å². The van der Waals surface area contributed by atoms with Crippen molar-refractivity contribution in [2.24, 2.45) is 5.92 Å². The number of benzene rings is 10. The van der Waals surface area contributed by atoms with E-state index in [1.165, 1.54) is 66.8 Å². The van der Waals surface area contributed by atoms with Gasteiger partial charge in [0.15, 0.2) is 0 Å². The summed E-state index contributed by atoms with van der Waals surface area (Å²) in [6.07, 6.45) is 12.2. The van der Waals surface area contributed by atoms with E-state index in [4.69, 9.17) is 0 Å². The van der Waals surface area contributed by atoms with E-state index in [0.29, 0.717) is 17.8 Å². The fraction of sp³-hybridized carbons (Fsp3) is 0.109. The topological polar surface area (TPSA) is 77.3 Å². The average molecular weight is 2150 g/mol. The Balaban J connectivity index is 0.000000186. The molecule has 0 bridgehead atoms. The predicted octanol–water partition coefficient (Wildman–Crippen LogP) is 25.7. The number of pyridine rings is 6. The van der Waals surface area contributed by atoms with Crippen molar-refractivity contribution in [3.05, 3.63) is 423 Å². The largest absolute Gasteiger partial charge is 0.305 e. The minimum Gasteiger partial charge on any atom is -0.305 e.